The topological polar surface area (TPSA) is 27.7 Å². The Kier molecular flexibility index (Phi) is 4.32. The number of hydrogen-bond acceptors (Lipinski definition) is 3. The summed E-state index contributed by atoms with van der Waals surface area (Å²) in [4.78, 5) is 0. The normalized spacial score (nSPS) is 10.3. The lowest BCUT2D eigenvalue weighted by Crippen LogP contribution is -1.71. The van der Waals surface area contributed by atoms with Gasteiger partial charge in [0.25, 0.3) is 0 Å². The fraction of sp³-hybridized carbons (Fsp3) is 0. The summed E-state index contributed by atoms with van der Waals surface area (Å²) < 4.78 is 38.6. The van der Waals surface area contributed by atoms with Gasteiger partial charge in [-0.15, -0.1) is 14.2 Å². The van der Waals surface area contributed by atoms with Crippen molar-refractivity contribution in [1.82, 2.24) is 0 Å². The predicted molar refractivity (Wildman–Crippen MR) is 13.5 cm³/mol. The molecule has 0 amide bonds. The molecule has 0 saturated heterocycles. The summed E-state index contributed by atoms with van der Waals surface area (Å²) in [5.74, 6) is 0. The summed E-state index contributed by atoms with van der Waals surface area (Å²) in [5, 5.41) is 0. The van der Waals surface area contributed by atoms with Crippen LogP contribution >= 0.6 is 8.60 Å². The van der Waals surface area contributed by atoms with Crippen LogP contribution in [0.15, 0.2) is 0 Å². The van der Waals surface area contributed by atoms with Crippen molar-refractivity contribution >= 4 is 8.60 Å². The molecule has 7 heteroatoms. The van der Waals surface area contributed by atoms with Gasteiger partial charge >= 0.3 is 8.60 Å². The third kappa shape index (κ3) is 2.76. The Hall–Kier alpha value is 0.1000. The van der Waals surface area contributed by atoms with Gasteiger partial charge in [-0.1, -0.05) is 0 Å². The average Bonchev–Trinajstić information content (AvgIpc) is 1.72. The van der Waals surface area contributed by atoms with Gasteiger partial charge in [0.1, 0.15) is 0 Å². The molecule has 7 heavy (non-hydrogen) atoms. The van der Waals surface area contributed by atoms with Crippen molar-refractivity contribution in [3.63, 3.8) is 0 Å². The first-order valence-corrected chi connectivity index (χ1v) is 2.11. The highest BCUT2D eigenvalue weighted by Crippen LogP contribution is 2.40. The van der Waals surface area contributed by atoms with E-state index in [4.69, 9.17) is 0 Å². The Morgan fingerprint density at radius 3 is 1.14 bits per heavy atom. The fourth-order valence-electron chi connectivity index (χ4n) is 0.0319. The molecular weight excluding hydrogens is 136 g/mol. The summed E-state index contributed by atoms with van der Waals surface area (Å²) in [7, 11) is -3.05. The maximum absolute atomic E-state index is 10.5. The van der Waals surface area contributed by atoms with Crippen molar-refractivity contribution in [2.75, 3.05) is 0 Å². The number of hydrogen-bond donors (Lipinski definition) is 0. The van der Waals surface area contributed by atoms with Crippen molar-refractivity contribution in [1.29, 1.82) is 0 Å². The zero-order valence-corrected chi connectivity index (χ0v) is 3.70. The molecule has 0 aromatic carbocycles. The molecule has 0 aliphatic rings. The van der Waals surface area contributed by atoms with E-state index < -0.39 is 8.60 Å². The van der Waals surface area contributed by atoms with Crippen molar-refractivity contribution in [2.45, 2.75) is 0 Å². The van der Waals surface area contributed by atoms with Crippen LogP contribution < -0.4 is 0 Å². The van der Waals surface area contributed by atoms with Crippen molar-refractivity contribution in [3.05, 3.63) is 0 Å². The van der Waals surface area contributed by atoms with Crippen molar-refractivity contribution < 1.29 is 27.8 Å². The minimum atomic E-state index is -3.05. The molecular formula is F3O3P. The van der Waals surface area contributed by atoms with Gasteiger partial charge in [0, 0.05) is 0 Å². The Morgan fingerprint density at radius 1 is 0.857 bits per heavy atom. The quantitative estimate of drug-likeness (QED) is 0.554. The molecule has 0 saturated carbocycles. The first-order valence-electron chi connectivity index (χ1n) is 1.01. The molecule has 0 N–H and O–H groups in total. The standard InChI is InChI=1S/F3O3P/c1-4-7(5-2)6-3. The van der Waals surface area contributed by atoms with E-state index in [1.807, 2.05) is 0 Å². The van der Waals surface area contributed by atoms with Gasteiger partial charge in [-0.3, -0.25) is 0 Å². The Balaban J connectivity index is 2.99. The van der Waals surface area contributed by atoms with Crippen LogP contribution in [-0.4, -0.2) is 0 Å². The maximum atomic E-state index is 10.5. The minimum Gasteiger partial charge on any atom is -0.105 e. The molecule has 0 unspecified atom stereocenters. The second kappa shape index (κ2) is 4.26. The monoisotopic (exact) mass is 136 g/mol. The number of rotatable bonds is 3. The molecule has 0 bridgehead atoms. The maximum Gasteiger partial charge on any atom is 0.435 e. The molecule has 0 aliphatic carbocycles. The van der Waals surface area contributed by atoms with E-state index in [0.717, 1.165) is 0 Å². The van der Waals surface area contributed by atoms with Gasteiger partial charge in [-0.2, -0.15) is 0 Å². The second-order valence-corrected chi connectivity index (χ2v) is 1.29. The molecule has 0 aromatic rings. The van der Waals surface area contributed by atoms with Crippen molar-refractivity contribution in [3.8, 4) is 0 Å². The van der Waals surface area contributed by atoms with E-state index in [9.17, 15) is 13.6 Å². The van der Waals surface area contributed by atoms with E-state index in [-0.39, 0.29) is 0 Å². The first kappa shape index (κ1) is 7.10. The van der Waals surface area contributed by atoms with Crippen LogP contribution in [0.25, 0.3) is 0 Å². The van der Waals surface area contributed by atoms with E-state index in [1.165, 1.54) is 0 Å². The van der Waals surface area contributed by atoms with E-state index in [2.05, 4.69) is 14.2 Å². The second-order valence-electron chi connectivity index (χ2n) is 0.431. The van der Waals surface area contributed by atoms with Gasteiger partial charge in [-0.25, -0.2) is 0 Å². The van der Waals surface area contributed by atoms with Crippen molar-refractivity contribution in [2.24, 2.45) is 0 Å². The highest BCUT2D eigenvalue weighted by molar-refractivity contribution is 7.41. The van der Waals surface area contributed by atoms with Crippen LogP contribution in [0.4, 0.5) is 13.6 Å². The number of halogens is 3. The highest BCUT2D eigenvalue weighted by atomic mass is 31.2. The van der Waals surface area contributed by atoms with Crippen LogP contribution in [0.3, 0.4) is 0 Å². The SMILES string of the molecule is FOP(OF)OF. The lowest BCUT2D eigenvalue weighted by Gasteiger charge is -1.91. The van der Waals surface area contributed by atoms with Crippen LogP contribution in [0.1, 0.15) is 0 Å². The first-order chi connectivity index (χ1) is 3.35. The minimum absolute atomic E-state index is 2.42. The molecule has 0 aliphatic heterocycles. The molecule has 0 fully saturated rings. The van der Waals surface area contributed by atoms with Crippen LogP contribution in [0.2, 0.25) is 0 Å². The van der Waals surface area contributed by atoms with Gasteiger partial charge in [-0.05, 0) is 13.6 Å². The summed E-state index contributed by atoms with van der Waals surface area (Å²) >= 11 is 0. The molecule has 0 aromatic heterocycles. The molecule has 0 radical (unpaired) electrons. The molecule has 44 valence electrons. The Bertz CT molecular complexity index is 31.7. The summed E-state index contributed by atoms with van der Waals surface area (Å²) in [6.07, 6.45) is 0. The fourth-order valence-corrected chi connectivity index (χ4v) is 0.0958. The Morgan fingerprint density at radius 2 is 1.14 bits per heavy atom. The zero-order valence-electron chi connectivity index (χ0n) is 2.81. The van der Waals surface area contributed by atoms with Crippen LogP contribution in [0.5, 0.6) is 0 Å². The lowest BCUT2D eigenvalue weighted by atomic mass is 15.5. The third-order valence-corrected chi connectivity index (χ3v) is 0.507. The summed E-state index contributed by atoms with van der Waals surface area (Å²) in [5.41, 5.74) is 0. The lowest BCUT2D eigenvalue weighted by molar-refractivity contribution is -0.140. The Labute approximate surface area is 37.7 Å². The van der Waals surface area contributed by atoms with E-state index in [1.54, 1.807) is 0 Å². The largest absolute Gasteiger partial charge is 0.435 e. The van der Waals surface area contributed by atoms with Gasteiger partial charge in [0.15, 0.2) is 0 Å². The highest BCUT2D eigenvalue weighted by Gasteiger charge is 2.13. The molecule has 3 nitrogen and oxygen atoms in total. The predicted octanol–water partition coefficient (Wildman–Crippen LogP) is 1.92. The average molecular weight is 136 g/mol. The van der Waals surface area contributed by atoms with E-state index in [0.29, 0.717) is 0 Å². The van der Waals surface area contributed by atoms with Gasteiger partial charge < -0.3 is 0 Å². The summed E-state index contributed by atoms with van der Waals surface area (Å²) in [6.45, 7) is 0. The van der Waals surface area contributed by atoms with Gasteiger partial charge in [0.2, 0.25) is 0 Å². The molecule has 0 spiro atoms. The molecule has 0 atom stereocenters. The summed E-state index contributed by atoms with van der Waals surface area (Å²) in [6, 6.07) is 0. The van der Waals surface area contributed by atoms with Crippen LogP contribution in [0, 0.1) is 0 Å². The smallest absolute Gasteiger partial charge is 0.105 e. The molecule has 0 heterocycles. The van der Waals surface area contributed by atoms with Gasteiger partial charge in [0.05, 0.1) is 0 Å². The van der Waals surface area contributed by atoms with Crippen LogP contribution in [-0.2, 0) is 14.2 Å². The van der Waals surface area contributed by atoms with E-state index >= 15 is 0 Å². The third-order valence-electron chi connectivity index (χ3n) is 0.169. The molecule has 0 rings (SSSR count). The zero-order chi connectivity index (χ0) is 5.70.